The summed E-state index contributed by atoms with van der Waals surface area (Å²) in [5.74, 6) is 0. The lowest BCUT2D eigenvalue weighted by Crippen LogP contribution is -2.27. The third-order valence-electron chi connectivity index (χ3n) is 4.92. The Morgan fingerprint density at radius 3 is 1.71 bits per heavy atom. The van der Waals surface area contributed by atoms with Crippen molar-refractivity contribution in [3.8, 4) is 0 Å². The maximum atomic E-state index is 9.11. The average molecular weight is 572 g/mol. The number of aliphatic hydroxyl groups is 1. The Balaban J connectivity index is 0.000000380. The lowest BCUT2D eigenvalue weighted by molar-refractivity contribution is -0.0622. The molecule has 12 heteroatoms. The Bertz CT molecular complexity index is 928. The van der Waals surface area contributed by atoms with Gasteiger partial charge in [-0.2, -0.15) is 0 Å². The van der Waals surface area contributed by atoms with Gasteiger partial charge in [-0.05, 0) is 18.2 Å². The van der Waals surface area contributed by atoms with Gasteiger partial charge in [0, 0.05) is 36.6 Å². The molecule has 0 unspecified atom stereocenters. The molecule has 2 rings (SSSR count). The molecule has 0 saturated carbocycles. The fraction of sp³-hybridized carbons (Fsp3) is 0.636. The lowest BCUT2D eigenvalue weighted by atomic mass is 9.87. The van der Waals surface area contributed by atoms with Crippen LogP contribution in [0, 0.1) is 0 Å². The van der Waals surface area contributed by atoms with E-state index in [0.29, 0.717) is 22.5 Å². The molecule has 0 aliphatic carbocycles. The molecule has 0 aromatic carbocycles. The number of hydrogen-bond acceptors (Lipinski definition) is 7. The number of hydrogen-bond donors (Lipinski definition) is 1. The molecule has 0 atom stereocenters. The van der Waals surface area contributed by atoms with Crippen molar-refractivity contribution in [2.75, 3.05) is 26.6 Å². The number of halogens is 4. The van der Waals surface area contributed by atoms with Crippen LogP contribution < -0.4 is 0 Å². The van der Waals surface area contributed by atoms with E-state index >= 15 is 0 Å². The number of rotatable bonds is 10. The average Bonchev–Trinajstić information content (AvgIpc) is 2.73. The second-order valence-electron chi connectivity index (χ2n) is 10.4. The number of ether oxygens (including phenoxy) is 2. The van der Waals surface area contributed by atoms with E-state index in [2.05, 4.69) is 40.0 Å². The van der Waals surface area contributed by atoms with Crippen molar-refractivity contribution < 1.29 is 14.6 Å². The predicted octanol–water partition coefficient (Wildman–Crippen LogP) is 6.44. The summed E-state index contributed by atoms with van der Waals surface area (Å²) in [6.07, 6.45) is 0. The molecule has 0 saturated heterocycles. The second kappa shape index (κ2) is 13.6. The fourth-order valence-electron chi connectivity index (χ4n) is 2.61. The predicted molar refractivity (Wildman–Crippen MR) is 142 cm³/mol. The summed E-state index contributed by atoms with van der Waals surface area (Å²) in [5, 5.41) is 25.2. The van der Waals surface area contributed by atoms with E-state index in [1.165, 1.54) is 0 Å². The zero-order valence-electron chi connectivity index (χ0n) is 20.8. The standard InChI is InChI=1S/C14H24Cl2N2O2Si.C8H10Cl2N2O/c1-14(2,11-8-12(15)17-18-13(11)16)9-20-10-19-6-7-21(3,4)5;1-8(2,4-13)5-3-6(9)11-12-7(5)10/h8H,6-7,9-10H2,1-5H3;3,13H,4H2,1-2H3. The first kappa shape index (κ1) is 31.4. The van der Waals surface area contributed by atoms with Gasteiger partial charge in [-0.15, -0.1) is 20.4 Å². The van der Waals surface area contributed by atoms with Gasteiger partial charge in [0.1, 0.15) is 6.79 Å². The Hall–Kier alpha value is -0.583. The molecule has 0 aliphatic heterocycles. The summed E-state index contributed by atoms with van der Waals surface area (Å²) in [6.45, 7) is 16.2. The first-order chi connectivity index (χ1) is 15.6. The van der Waals surface area contributed by atoms with Crippen LogP contribution in [0.3, 0.4) is 0 Å². The van der Waals surface area contributed by atoms with E-state index < -0.39 is 13.5 Å². The molecular weight excluding hydrogens is 538 g/mol. The van der Waals surface area contributed by atoms with Gasteiger partial charge in [-0.25, -0.2) is 0 Å². The largest absolute Gasteiger partial charge is 0.395 e. The Morgan fingerprint density at radius 2 is 1.26 bits per heavy atom. The highest BCUT2D eigenvalue weighted by Crippen LogP contribution is 2.30. The SMILES string of the molecule is CC(C)(CO)c1cc(Cl)nnc1Cl.CC(C)(COCOCC[Si](C)(C)C)c1cc(Cl)nnc1Cl. The van der Waals surface area contributed by atoms with Gasteiger partial charge in [0.25, 0.3) is 0 Å². The number of nitrogens with zero attached hydrogens (tertiary/aromatic N) is 4. The van der Waals surface area contributed by atoms with E-state index in [1.807, 2.05) is 27.7 Å². The van der Waals surface area contributed by atoms with Gasteiger partial charge in [-0.3, -0.25) is 0 Å². The monoisotopic (exact) mass is 570 g/mol. The molecule has 0 aliphatic rings. The van der Waals surface area contributed by atoms with Gasteiger partial charge in [0.05, 0.1) is 13.2 Å². The highest BCUT2D eigenvalue weighted by molar-refractivity contribution is 6.76. The molecule has 0 fully saturated rings. The van der Waals surface area contributed by atoms with Crippen molar-refractivity contribution in [3.05, 3.63) is 43.9 Å². The second-order valence-corrected chi connectivity index (χ2v) is 17.5. The number of aliphatic hydroxyl groups excluding tert-OH is 1. The van der Waals surface area contributed by atoms with Gasteiger partial charge < -0.3 is 14.6 Å². The minimum Gasteiger partial charge on any atom is -0.395 e. The summed E-state index contributed by atoms with van der Waals surface area (Å²) in [5.41, 5.74) is 0.776. The van der Waals surface area contributed by atoms with Crippen LogP contribution in [0.25, 0.3) is 0 Å². The smallest absolute Gasteiger partial charge is 0.155 e. The van der Waals surface area contributed by atoms with Crippen LogP contribution >= 0.6 is 46.4 Å². The van der Waals surface area contributed by atoms with Crippen LogP contribution in [0.5, 0.6) is 0 Å². The highest BCUT2D eigenvalue weighted by Gasteiger charge is 2.26. The summed E-state index contributed by atoms with van der Waals surface area (Å²) in [6, 6.07) is 4.48. The summed E-state index contributed by atoms with van der Waals surface area (Å²) in [7, 11) is -1.05. The minimum atomic E-state index is -1.05. The normalized spacial score (nSPS) is 12.4. The van der Waals surface area contributed by atoms with Crippen LogP contribution in [0.15, 0.2) is 12.1 Å². The summed E-state index contributed by atoms with van der Waals surface area (Å²) < 4.78 is 11.1. The molecule has 0 radical (unpaired) electrons. The first-order valence-electron chi connectivity index (χ1n) is 10.7. The molecule has 0 bridgehead atoms. The lowest BCUT2D eigenvalue weighted by Gasteiger charge is -2.25. The van der Waals surface area contributed by atoms with E-state index in [-0.39, 0.29) is 29.1 Å². The third-order valence-corrected chi connectivity index (χ3v) is 7.55. The van der Waals surface area contributed by atoms with Crippen molar-refractivity contribution in [1.82, 2.24) is 20.4 Å². The molecule has 2 aromatic heterocycles. The Kier molecular flexibility index (Phi) is 12.6. The van der Waals surface area contributed by atoms with Gasteiger partial charge in [0.2, 0.25) is 0 Å². The summed E-state index contributed by atoms with van der Waals surface area (Å²) >= 11 is 23.4. The molecule has 2 aromatic rings. The third kappa shape index (κ3) is 11.0. The quantitative estimate of drug-likeness (QED) is 0.199. The number of aromatic nitrogens is 4. The molecule has 192 valence electrons. The topological polar surface area (TPSA) is 90.3 Å². The van der Waals surface area contributed by atoms with Crippen molar-refractivity contribution in [2.24, 2.45) is 0 Å². The van der Waals surface area contributed by atoms with Crippen molar-refractivity contribution in [2.45, 2.75) is 64.2 Å². The molecule has 1 N–H and O–H groups in total. The summed E-state index contributed by atoms with van der Waals surface area (Å²) in [4.78, 5) is 0. The minimum absolute atomic E-state index is 0.0191. The van der Waals surface area contributed by atoms with Crippen LogP contribution in [0.2, 0.25) is 46.3 Å². The molecule has 2 heterocycles. The van der Waals surface area contributed by atoms with Gasteiger partial charge in [0.15, 0.2) is 20.6 Å². The zero-order valence-corrected chi connectivity index (χ0v) is 24.8. The van der Waals surface area contributed by atoms with Gasteiger partial charge in [-0.1, -0.05) is 93.7 Å². The highest BCUT2D eigenvalue weighted by atomic mass is 35.5. The van der Waals surface area contributed by atoms with Gasteiger partial charge >= 0.3 is 0 Å². The molecular formula is C22H34Cl4N4O3Si. The Labute approximate surface area is 223 Å². The zero-order chi connectivity index (χ0) is 26.2. The van der Waals surface area contributed by atoms with Crippen LogP contribution in [-0.2, 0) is 20.3 Å². The van der Waals surface area contributed by atoms with E-state index in [1.54, 1.807) is 12.1 Å². The molecule has 7 nitrogen and oxygen atoms in total. The van der Waals surface area contributed by atoms with E-state index in [4.69, 9.17) is 61.0 Å². The molecule has 34 heavy (non-hydrogen) atoms. The molecule has 0 amide bonds. The maximum absolute atomic E-state index is 9.11. The maximum Gasteiger partial charge on any atom is 0.155 e. The first-order valence-corrected chi connectivity index (χ1v) is 16.0. The fourth-order valence-corrected chi connectivity index (χ4v) is 4.36. The van der Waals surface area contributed by atoms with Crippen molar-refractivity contribution in [1.29, 1.82) is 0 Å². The van der Waals surface area contributed by atoms with Crippen LogP contribution in [0.4, 0.5) is 0 Å². The van der Waals surface area contributed by atoms with Crippen LogP contribution in [-0.4, -0.2) is 60.2 Å². The van der Waals surface area contributed by atoms with Crippen LogP contribution in [0.1, 0.15) is 38.8 Å². The molecule has 0 spiro atoms. The van der Waals surface area contributed by atoms with E-state index in [9.17, 15) is 0 Å². The van der Waals surface area contributed by atoms with E-state index in [0.717, 1.165) is 18.2 Å². The van der Waals surface area contributed by atoms with Crippen molar-refractivity contribution >= 4 is 54.5 Å². The Morgan fingerprint density at radius 1 is 0.794 bits per heavy atom. The van der Waals surface area contributed by atoms with Crippen molar-refractivity contribution in [3.63, 3.8) is 0 Å².